The minimum Gasteiger partial charge on any atom is -0.494 e. The Balaban J connectivity index is 2.13. The van der Waals surface area contributed by atoms with Crippen molar-refractivity contribution in [3.8, 4) is 16.3 Å². The number of hydrogen-bond acceptors (Lipinski definition) is 4. The van der Waals surface area contributed by atoms with Crippen LogP contribution >= 0.6 is 11.3 Å². The first-order valence-corrected chi connectivity index (χ1v) is 7.80. The third-order valence-electron chi connectivity index (χ3n) is 3.59. The van der Waals surface area contributed by atoms with Gasteiger partial charge in [0, 0.05) is 11.3 Å². The Morgan fingerprint density at radius 2 is 2.00 bits per heavy atom. The minimum atomic E-state index is 0.671. The molecule has 4 heteroatoms. The van der Waals surface area contributed by atoms with Crippen LogP contribution in [0.3, 0.4) is 0 Å². The average Bonchev–Trinajstić information content (AvgIpc) is 2.86. The predicted molar refractivity (Wildman–Crippen MR) is 90.1 cm³/mol. The Labute approximate surface area is 128 Å². The zero-order chi connectivity index (χ0) is 15.0. The highest BCUT2D eigenvalue weighted by Gasteiger charge is 2.11. The summed E-state index contributed by atoms with van der Waals surface area (Å²) in [7, 11) is 0. The van der Waals surface area contributed by atoms with Crippen LogP contribution in [-0.2, 0) is 0 Å². The Morgan fingerprint density at radius 1 is 1.19 bits per heavy atom. The van der Waals surface area contributed by atoms with Crippen molar-refractivity contribution in [1.82, 2.24) is 4.98 Å². The lowest BCUT2D eigenvalue weighted by Crippen LogP contribution is -1.92. The van der Waals surface area contributed by atoms with Crippen LogP contribution in [0.4, 0.5) is 5.69 Å². The highest BCUT2D eigenvalue weighted by molar-refractivity contribution is 7.21. The minimum absolute atomic E-state index is 0.671. The number of nitrogens with zero attached hydrogens (tertiary/aromatic N) is 1. The quantitative estimate of drug-likeness (QED) is 0.721. The molecule has 0 bridgehead atoms. The van der Waals surface area contributed by atoms with E-state index in [0.29, 0.717) is 6.61 Å². The topological polar surface area (TPSA) is 48.1 Å². The summed E-state index contributed by atoms with van der Waals surface area (Å²) in [5, 5.41) is 1.01. The maximum Gasteiger partial charge on any atom is 0.124 e. The second-order valence-corrected chi connectivity index (χ2v) is 6.12. The Kier molecular flexibility index (Phi) is 3.55. The highest BCUT2D eigenvalue weighted by Crippen LogP contribution is 2.35. The standard InChI is InChI=1S/C17H18N2OS/c1-4-20-13-5-6-15-16(9-13)21-17(19-15)14-8-12(18)7-10(2)11(14)3/h5-9H,4,18H2,1-3H3. The van der Waals surface area contributed by atoms with Crippen LogP contribution < -0.4 is 10.5 Å². The summed E-state index contributed by atoms with van der Waals surface area (Å²) in [5.41, 5.74) is 11.3. The summed E-state index contributed by atoms with van der Waals surface area (Å²) >= 11 is 1.68. The molecular formula is C17H18N2OS. The molecule has 3 rings (SSSR count). The molecular weight excluding hydrogens is 280 g/mol. The normalized spacial score (nSPS) is 11.0. The fraction of sp³-hybridized carbons (Fsp3) is 0.235. The van der Waals surface area contributed by atoms with Crippen molar-refractivity contribution in [2.75, 3.05) is 12.3 Å². The number of rotatable bonds is 3. The second-order valence-electron chi connectivity index (χ2n) is 5.09. The fourth-order valence-corrected chi connectivity index (χ4v) is 3.45. The number of aromatic nitrogens is 1. The molecule has 0 saturated heterocycles. The number of aryl methyl sites for hydroxylation is 1. The molecule has 108 valence electrons. The number of fused-ring (bicyclic) bond motifs is 1. The average molecular weight is 298 g/mol. The summed E-state index contributed by atoms with van der Waals surface area (Å²) in [5.74, 6) is 0.890. The van der Waals surface area contributed by atoms with E-state index >= 15 is 0 Å². The van der Waals surface area contributed by atoms with Gasteiger partial charge in [0.25, 0.3) is 0 Å². The molecule has 3 nitrogen and oxygen atoms in total. The largest absolute Gasteiger partial charge is 0.494 e. The molecule has 0 fully saturated rings. The van der Waals surface area contributed by atoms with E-state index in [9.17, 15) is 0 Å². The molecule has 2 N–H and O–H groups in total. The predicted octanol–water partition coefficient (Wildman–Crippen LogP) is 4.56. The molecule has 0 amide bonds. The maximum atomic E-state index is 5.98. The lowest BCUT2D eigenvalue weighted by molar-refractivity contribution is 0.341. The van der Waals surface area contributed by atoms with E-state index in [4.69, 9.17) is 15.5 Å². The van der Waals surface area contributed by atoms with E-state index in [1.54, 1.807) is 11.3 Å². The van der Waals surface area contributed by atoms with Crippen LogP contribution in [0.25, 0.3) is 20.8 Å². The number of hydrogen-bond donors (Lipinski definition) is 1. The van der Waals surface area contributed by atoms with E-state index in [-0.39, 0.29) is 0 Å². The number of benzene rings is 2. The van der Waals surface area contributed by atoms with E-state index in [0.717, 1.165) is 32.2 Å². The second kappa shape index (κ2) is 5.37. The number of nitrogen functional groups attached to an aromatic ring is 1. The molecule has 0 radical (unpaired) electrons. The summed E-state index contributed by atoms with van der Waals surface area (Å²) in [4.78, 5) is 4.73. The van der Waals surface area contributed by atoms with Gasteiger partial charge in [0.2, 0.25) is 0 Å². The molecule has 0 unspecified atom stereocenters. The van der Waals surface area contributed by atoms with Crippen LogP contribution in [0.2, 0.25) is 0 Å². The number of nitrogens with two attached hydrogens (primary N) is 1. The van der Waals surface area contributed by atoms with Gasteiger partial charge in [0.1, 0.15) is 10.8 Å². The summed E-state index contributed by atoms with van der Waals surface area (Å²) in [6.07, 6.45) is 0. The fourth-order valence-electron chi connectivity index (χ4n) is 2.39. The van der Waals surface area contributed by atoms with Crippen molar-refractivity contribution in [3.05, 3.63) is 41.5 Å². The van der Waals surface area contributed by atoms with Gasteiger partial charge in [-0.05, 0) is 62.2 Å². The van der Waals surface area contributed by atoms with Gasteiger partial charge >= 0.3 is 0 Å². The van der Waals surface area contributed by atoms with Gasteiger partial charge in [0.05, 0.1) is 16.8 Å². The monoisotopic (exact) mass is 298 g/mol. The van der Waals surface area contributed by atoms with E-state index in [1.807, 2.05) is 31.2 Å². The highest BCUT2D eigenvalue weighted by atomic mass is 32.1. The molecule has 2 aromatic carbocycles. The van der Waals surface area contributed by atoms with Crippen molar-refractivity contribution in [3.63, 3.8) is 0 Å². The Morgan fingerprint density at radius 3 is 2.76 bits per heavy atom. The van der Waals surface area contributed by atoms with E-state index in [2.05, 4.69) is 19.9 Å². The van der Waals surface area contributed by atoms with Gasteiger partial charge in [-0.15, -0.1) is 11.3 Å². The van der Waals surface area contributed by atoms with Crippen LogP contribution in [-0.4, -0.2) is 11.6 Å². The molecule has 0 aliphatic carbocycles. The zero-order valence-corrected chi connectivity index (χ0v) is 13.3. The Bertz CT molecular complexity index is 808. The SMILES string of the molecule is CCOc1ccc2nc(-c3cc(N)cc(C)c3C)sc2c1. The molecule has 21 heavy (non-hydrogen) atoms. The van der Waals surface area contributed by atoms with Crippen LogP contribution in [0.15, 0.2) is 30.3 Å². The first kappa shape index (κ1) is 13.9. The lowest BCUT2D eigenvalue weighted by atomic mass is 10.0. The first-order chi connectivity index (χ1) is 10.1. The summed E-state index contributed by atoms with van der Waals surface area (Å²) < 4.78 is 6.68. The van der Waals surface area contributed by atoms with Crippen molar-refractivity contribution >= 4 is 27.2 Å². The van der Waals surface area contributed by atoms with Gasteiger partial charge in [-0.2, -0.15) is 0 Å². The number of ether oxygens (including phenoxy) is 1. The lowest BCUT2D eigenvalue weighted by Gasteiger charge is -2.07. The summed E-state index contributed by atoms with van der Waals surface area (Å²) in [6.45, 7) is 6.85. The molecule has 0 spiro atoms. The Hall–Kier alpha value is -2.07. The summed E-state index contributed by atoms with van der Waals surface area (Å²) in [6, 6.07) is 10.0. The molecule has 0 atom stereocenters. The van der Waals surface area contributed by atoms with Gasteiger partial charge in [-0.25, -0.2) is 4.98 Å². The van der Waals surface area contributed by atoms with Crippen molar-refractivity contribution in [2.24, 2.45) is 0 Å². The van der Waals surface area contributed by atoms with Crippen molar-refractivity contribution in [1.29, 1.82) is 0 Å². The van der Waals surface area contributed by atoms with Crippen LogP contribution in [0.1, 0.15) is 18.1 Å². The van der Waals surface area contributed by atoms with Gasteiger partial charge in [0.15, 0.2) is 0 Å². The van der Waals surface area contributed by atoms with Gasteiger partial charge in [-0.3, -0.25) is 0 Å². The van der Waals surface area contributed by atoms with Gasteiger partial charge in [-0.1, -0.05) is 0 Å². The molecule has 1 heterocycles. The smallest absolute Gasteiger partial charge is 0.124 e. The molecule has 3 aromatic rings. The first-order valence-electron chi connectivity index (χ1n) is 6.99. The van der Waals surface area contributed by atoms with Crippen LogP contribution in [0.5, 0.6) is 5.75 Å². The molecule has 0 aliphatic heterocycles. The zero-order valence-electron chi connectivity index (χ0n) is 12.4. The number of anilines is 1. The molecule has 0 saturated carbocycles. The van der Waals surface area contributed by atoms with Crippen molar-refractivity contribution in [2.45, 2.75) is 20.8 Å². The number of thiazole rings is 1. The third-order valence-corrected chi connectivity index (χ3v) is 4.64. The molecule has 0 aliphatic rings. The van der Waals surface area contributed by atoms with Crippen LogP contribution in [0, 0.1) is 13.8 Å². The van der Waals surface area contributed by atoms with Gasteiger partial charge < -0.3 is 10.5 Å². The van der Waals surface area contributed by atoms with E-state index < -0.39 is 0 Å². The third kappa shape index (κ3) is 2.59. The van der Waals surface area contributed by atoms with Crippen molar-refractivity contribution < 1.29 is 4.74 Å². The van der Waals surface area contributed by atoms with E-state index in [1.165, 1.54) is 11.1 Å². The molecule has 1 aromatic heterocycles. The maximum absolute atomic E-state index is 5.98.